The third kappa shape index (κ3) is 17.1. The lowest BCUT2D eigenvalue weighted by Crippen LogP contribution is -2.03. The van der Waals surface area contributed by atoms with Crippen LogP contribution in [-0.4, -0.2) is 22.3 Å². The van der Waals surface area contributed by atoms with Gasteiger partial charge in [-0.25, -0.2) is 0 Å². The van der Waals surface area contributed by atoms with Crippen LogP contribution in [0.25, 0.3) is 0 Å². The SMILES string of the molecule is CCC(O)CCCCC/C=C\CCCCCCCC(=O)O. The Morgan fingerprint density at radius 1 is 0.905 bits per heavy atom. The van der Waals surface area contributed by atoms with E-state index < -0.39 is 5.97 Å². The summed E-state index contributed by atoms with van der Waals surface area (Å²) in [6.07, 6.45) is 17.9. The number of aliphatic hydroxyl groups is 1. The number of hydrogen-bond acceptors (Lipinski definition) is 2. The van der Waals surface area contributed by atoms with Gasteiger partial charge in [-0.2, -0.15) is 0 Å². The number of aliphatic carboxylic acids is 1. The zero-order chi connectivity index (χ0) is 15.8. The molecule has 0 aromatic heterocycles. The molecule has 0 aromatic carbocycles. The third-order valence-corrected chi connectivity index (χ3v) is 3.81. The lowest BCUT2D eigenvalue weighted by Gasteiger charge is -2.05. The normalized spacial score (nSPS) is 12.9. The van der Waals surface area contributed by atoms with Gasteiger partial charge in [0, 0.05) is 6.42 Å². The average molecular weight is 298 g/mol. The van der Waals surface area contributed by atoms with Crippen LogP contribution in [0.1, 0.15) is 90.4 Å². The fourth-order valence-electron chi connectivity index (χ4n) is 2.33. The number of rotatable bonds is 15. The maximum Gasteiger partial charge on any atom is 0.303 e. The van der Waals surface area contributed by atoms with Crippen molar-refractivity contribution in [2.24, 2.45) is 0 Å². The van der Waals surface area contributed by atoms with Crippen molar-refractivity contribution >= 4 is 5.97 Å². The molecule has 3 heteroatoms. The van der Waals surface area contributed by atoms with E-state index in [1.54, 1.807) is 0 Å². The van der Waals surface area contributed by atoms with Crippen molar-refractivity contribution in [1.29, 1.82) is 0 Å². The molecule has 0 aromatic rings. The quantitative estimate of drug-likeness (QED) is 0.327. The highest BCUT2D eigenvalue weighted by Crippen LogP contribution is 2.10. The zero-order valence-electron chi connectivity index (χ0n) is 13.7. The van der Waals surface area contributed by atoms with Crippen molar-refractivity contribution in [2.75, 3.05) is 0 Å². The molecule has 21 heavy (non-hydrogen) atoms. The van der Waals surface area contributed by atoms with E-state index in [9.17, 15) is 9.90 Å². The van der Waals surface area contributed by atoms with Crippen LogP contribution in [0.4, 0.5) is 0 Å². The van der Waals surface area contributed by atoms with Crippen molar-refractivity contribution < 1.29 is 15.0 Å². The molecule has 0 saturated heterocycles. The summed E-state index contributed by atoms with van der Waals surface area (Å²) in [5.41, 5.74) is 0. The smallest absolute Gasteiger partial charge is 0.303 e. The largest absolute Gasteiger partial charge is 0.481 e. The van der Waals surface area contributed by atoms with Gasteiger partial charge in [0.1, 0.15) is 0 Å². The molecule has 0 radical (unpaired) electrons. The highest BCUT2D eigenvalue weighted by Gasteiger charge is 1.99. The van der Waals surface area contributed by atoms with Gasteiger partial charge in [-0.3, -0.25) is 4.79 Å². The Hall–Kier alpha value is -0.830. The Morgan fingerprint density at radius 3 is 2.00 bits per heavy atom. The molecule has 0 aliphatic carbocycles. The Bertz CT molecular complexity index is 261. The van der Waals surface area contributed by atoms with E-state index >= 15 is 0 Å². The summed E-state index contributed by atoms with van der Waals surface area (Å²) in [5.74, 6) is -0.679. The van der Waals surface area contributed by atoms with Crippen LogP contribution in [0, 0.1) is 0 Å². The van der Waals surface area contributed by atoms with Gasteiger partial charge >= 0.3 is 5.97 Å². The van der Waals surface area contributed by atoms with Crippen LogP contribution in [-0.2, 0) is 4.79 Å². The molecule has 0 fully saturated rings. The van der Waals surface area contributed by atoms with E-state index in [2.05, 4.69) is 12.2 Å². The Labute approximate surface area is 130 Å². The fourth-order valence-corrected chi connectivity index (χ4v) is 2.33. The van der Waals surface area contributed by atoms with Crippen LogP contribution < -0.4 is 0 Å². The average Bonchev–Trinajstić information content (AvgIpc) is 2.46. The predicted molar refractivity (Wildman–Crippen MR) is 88.5 cm³/mol. The molecular weight excluding hydrogens is 264 g/mol. The first-order valence-electron chi connectivity index (χ1n) is 8.71. The predicted octanol–water partition coefficient (Wildman–Crippen LogP) is 5.08. The molecule has 0 aliphatic heterocycles. The molecular formula is C18H34O3. The fraction of sp³-hybridized carbons (Fsp3) is 0.833. The highest BCUT2D eigenvalue weighted by atomic mass is 16.4. The van der Waals surface area contributed by atoms with Crippen LogP contribution >= 0.6 is 0 Å². The summed E-state index contributed by atoms with van der Waals surface area (Å²) in [6.45, 7) is 2.03. The number of carboxylic acids is 1. The van der Waals surface area contributed by atoms with Gasteiger partial charge in [-0.05, 0) is 44.9 Å². The number of carboxylic acid groups (broad SMARTS) is 1. The van der Waals surface area contributed by atoms with Gasteiger partial charge in [-0.15, -0.1) is 0 Å². The summed E-state index contributed by atoms with van der Waals surface area (Å²) in [5, 5.41) is 17.9. The van der Waals surface area contributed by atoms with E-state index in [4.69, 9.17) is 5.11 Å². The van der Waals surface area contributed by atoms with Crippen LogP contribution in [0.2, 0.25) is 0 Å². The minimum Gasteiger partial charge on any atom is -0.481 e. The van der Waals surface area contributed by atoms with Gasteiger partial charge in [0.25, 0.3) is 0 Å². The molecule has 0 bridgehead atoms. The van der Waals surface area contributed by atoms with Crippen molar-refractivity contribution in [3.8, 4) is 0 Å². The van der Waals surface area contributed by atoms with E-state index in [0.717, 1.165) is 51.4 Å². The number of hydrogen-bond donors (Lipinski definition) is 2. The van der Waals surface area contributed by atoms with E-state index in [-0.39, 0.29) is 6.10 Å². The molecule has 3 nitrogen and oxygen atoms in total. The molecule has 0 amide bonds. The standard InChI is InChI=1S/C18H34O3/c1-2-17(19)15-13-11-9-7-5-3-4-6-8-10-12-14-16-18(20)21/h3,5,17,19H,2,4,6-16H2,1H3,(H,20,21)/b5-3-. The van der Waals surface area contributed by atoms with Crippen molar-refractivity contribution in [3.05, 3.63) is 12.2 Å². The Kier molecular flexibility index (Phi) is 14.9. The molecule has 0 heterocycles. The molecule has 0 rings (SSSR count). The summed E-state index contributed by atoms with van der Waals surface area (Å²) in [6, 6.07) is 0. The number of allylic oxidation sites excluding steroid dienone is 2. The first-order valence-corrected chi connectivity index (χ1v) is 8.71. The van der Waals surface area contributed by atoms with Crippen LogP contribution in [0.3, 0.4) is 0 Å². The lowest BCUT2D eigenvalue weighted by molar-refractivity contribution is -0.137. The van der Waals surface area contributed by atoms with E-state index in [0.29, 0.717) is 6.42 Å². The number of carbonyl (C=O) groups is 1. The van der Waals surface area contributed by atoms with Gasteiger partial charge in [0.05, 0.1) is 6.10 Å². The zero-order valence-corrected chi connectivity index (χ0v) is 13.7. The molecule has 2 N–H and O–H groups in total. The highest BCUT2D eigenvalue weighted by molar-refractivity contribution is 5.66. The maximum atomic E-state index is 10.3. The maximum absolute atomic E-state index is 10.3. The first kappa shape index (κ1) is 20.2. The molecule has 1 atom stereocenters. The second-order valence-corrected chi connectivity index (χ2v) is 5.87. The second-order valence-electron chi connectivity index (χ2n) is 5.87. The van der Waals surface area contributed by atoms with Crippen molar-refractivity contribution in [3.63, 3.8) is 0 Å². The van der Waals surface area contributed by atoms with Gasteiger partial charge in [0.2, 0.25) is 0 Å². The molecule has 0 aliphatic rings. The first-order chi connectivity index (χ1) is 10.2. The van der Waals surface area contributed by atoms with Gasteiger partial charge in [-0.1, -0.05) is 51.2 Å². The number of aliphatic hydroxyl groups excluding tert-OH is 1. The van der Waals surface area contributed by atoms with Crippen molar-refractivity contribution in [2.45, 2.75) is 96.5 Å². The van der Waals surface area contributed by atoms with E-state index in [1.807, 2.05) is 6.92 Å². The molecule has 124 valence electrons. The van der Waals surface area contributed by atoms with Gasteiger partial charge in [0.15, 0.2) is 0 Å². The second kappa shape index (κ2) is 15.6. The molecule has 1 unspecified atom stereocenters. The topological polar surface area (TPSA) is 57.5 Å². The Morgan fingerprint density at radius 2 is 1.43 bits per heavy atom. The lowest BCUT2D eigenvalue weighted by atomic mass is 10.1. The summed E-state index contributed by atoms with van der Waals surface area (Å²) >= 11 is 0. The molecule has 0 spiro atoms. The Balaban J connectivity index is 3.14. The minimum absolute atomic E-state index is 0.101. The summed E-state index contributed by atoms with van der Waals surface area (Å²) in [7, 11) is 0. The van der Waals surface area contributed by atoms with Crippen LogP contribution in [0.5, 0.6) is 0 Å². The van der Waals surface area contributed by atoms with Crippen LogP contribution in [0.15, 0.2) is 12.2 Å². The summed E-state index contributed by atoms with van der Waals surface area (Å²) in [4.78, 5) is 10.3. The van der Waals surface area contributed by atoms with E-state index in [1.165, 1.54) is 25.7 Å². The monoisotopic (exact) mass is 298 g/mol. The minimum atomic E-state index is -0.679. The third-order valence-electron chi connectivity index (χ3n) is 3.81. The summed E-state index contributed by atoms with van der Waals surface area (Å²) < 4.78 is 0. The molecule has 0 saturated carbocycles. The number of unbranched alkanes of at least 4 members (excludes halogenated alkanes) is 8. The van der Waals surface area contributed by atoms with Crippen molar-refractivity contribution in [1.82, 2.24) is 0 Å². The van der Waals surface area contributed by atoms with Gasteiger partial charge < -0.3 is 10.2 Å².